The molecule has 0 spiro atoms. The molecule has 0 radical (unpaired) electrons. The summed E-state index contributed by atoms with van der Waals surface area (Å²) in [7, 11) is 1.71. The van der Waals surface area contributed by atoms with Crippen LogP contribution in [0.5, 0.6) is 5.75 Å². The van der Waals surface area contributed by atoms with Gasteiger partial charge in [0.1, 0.15) is 5.75 Å². The number of benzene rings is 1. The fourth-order valence-electron chi connectivity index (χ4n) is 3.29. The Bertz CT molecular complexity index is 421. The van der Waals surface area contributed by atoms with Gasteiger partial charge in [-0.2, -0.15) is 0 Å². The summed E-state index contributed by atoms with van der Waals surface area (Å²) in [5.41, 5.74) is 1.37. The number of nitrogens with one attached hydrogen (secondary N) is 1. The Morgan fingerprint density at radius 2 is 1.81 bits per heavy atom. The van der Waals surface area contributed by atoms with Crippen LogP contribution in [0, 0.1) is 5.92 Å². The van der Waals surface area contributed by atoms with Gasteiger partial charge in [0.05, 0.1) is 19.8 Å². The molecule has 0 heterocycles. The van der Waals surface area contributed by atoms with E-state index in [0.717, 1.165) is 24.8 Å². The molecule has 0 aromatic heterocycles. The molecular formula is C18H27NO2. The second-order valence-corrected chi connectivity index (χ2v) is 6.32. The standard InChI is InChI=1S/C18H27NO2/c1-20-16-10-8-15(9-11-16)18(14-6-7-14)19-12-13-21-17-4-2-3-5-17/h8-11,14,17-19H,2-7,12-13H2,1H3. The molecule has 1 aromatic rings. The Morgan fingerprint density at radius 3 is 2.43 bits per heavy atom. The normalized spacial score (nSPS) is 20.6. The van der Waals surface area contributed by atoms with E-state index in [2.05, 4.69) is 29.6 Å². The van der Waals surface area contributed by atoms with Crippen LogP contribution in [0.2, 0.25) is 0 Å². The lowest BCUT2D eigenvalue weighted by Gasteiger charge is -2.20. The van der Waals surface area contributed by atoms with Gasteiger partial charge in [-0.3, -0.25) is 0 Å². The summed E-state index contributed by atoms with van der Waals surface area (Å²) in [5.74, 6) is 1.72. The fraction of sp³-hybridized carbons (Fsp3) is 0.667. The van der Waals surface area contributed by atoms with Crippen LogP contribution in [0.1, 0.15) is 50.1 Å². The topological polar surface area (TPSA) is 30.5 Å². The highest BCUT2D eigenvalue weighted by molar-refractivity contribution is 5.30. The van der Waals surface area contributed by atoms with E-state index in [9.17, 15) is 0 Å². The maximum absolute atomic E-state index is 5.94. The Kier molecular flexibility index (Phi) is 5.15. The van der Waals surface area contributed by atoms with Crippen molar-refractivity contribution in [2.45, 2.75) is 50.7 Å². The summed E-state index contributed by atoms with van der Waals surface area (Å²) in [6.45, 7) is 1.79. The summed E-state index contributed by atoms with van der Waals surface area (Å²) >= 11 is 0. The van der Waals surface area contributed by atoms with Crippen molar-refractivity contribution in [2.75, 3.05) is 20.3 Å². The third kappa shape index (κ3) is 4.21. The Balaban J connectivity index is 1.47. The summed E-state index contributed by atoms with van der Waals surface area (Å²) in [6.07, 6.45) is 8.39. The third-order valence-electron chi connectivity index (χ3n) is 4.69. The molecule has 116 valence electrons. The third-order valence-corrected chi connectivity index (χ3v) is 4.69. The Morgan fingerprint density at radius 1 is 1.10 bits per heavy atom. The summed E-state index contributed by atoms with van der Waals surface area (Å²) in [4.78, 5) is 0. The number of hydrogen-bond acceptors (Lipinski definition) is 3. The lowest BCUT2D eigenvalue weighted by atomic mass is 10.0. The van der Waals surface area contributed by atoms with Gasteiger partial charge < -0.3 is 14.8 Å². The van der Waals surface area contributed by atoms with E-state index in [-0.39, 0.29) is 0 Å². The van der Waals surface area contributed by atoms with Crippen molar-refractivity contribution in [1.82, 2.24) is 5.32 Å². The highest BCUT2D eigenvalue weighted by Crippen LogP contribution is 2.41. The van der Waals surface area contributed by atoms with E-state index in [0.29, 0.717) is 12.1 Å². The maximum Gasteiger partial charge on any atom is 0.118 e. The zero-order valence-electron chi connectivity index (χ0n) is 13.0. The highest BCUT2D eigenvalue weighted by Gasteiger charge is 2.31. The lowest BCUT2D eigenvalue weighted by Crippen LogP contribution is -2.28. The van der Waals surface area contributed by atoms with Crippen molar-refractivity contribution < 1.29 is 9.47 Å². The van der Waals surface area contributed by atoms with Gasteiger partial charge in [0, 0.05) is 12.6 Å². The molecule has 1 aromatic carbocycles. The van der Waals surface area contributed by atoms with E-state index in [4.69, 9.17) is 9.47 Å². The molecule has 21 heavy (non-hydrogen) atoms. The van der Waals surface area contributed by atoms with Gasteiger partial charge in [-0.1, -0.05) is 25.0 Å². The van der Waals surface area contributed by atoms with Gasteiger partial charge in [-0.25, -0.2) is 0 Å². The van der Waals surface area contributed by atoms with Gasteiger partial charge in [-0.05, 0) is 49.3 Å². The predicted octanol–water partition coefficient (Wildman–Crippen LogP) is 3.70. The fourth-order valence-corrected chi connectivity index (χ4v) is 3.29. The number of methoxy groups -OCH3 is 1. The van der Waals surface area contributed by atoms with Gasteiger partial charge in [-0.15, -0.1) is 0 Å². The first-order chi connectivity index (χ1) is 10.4. The van der Waals surface area contributed by atoms with Gasteiger partial charge in [0.2, 0.25) is 0 Å². The molecule has 0 amide bonds. The molecule has 2 aliphatic rings. The van der Waals surface area contributed by atoms with Gasteiger partial charge in [0.25, 0.3) is 0 Å². The number of rotatable bonds is 8. The predicted molar refractivity (Wildman–Crippen MR) is 84.7 cm³/mol. The zero-order valence-corrected chi connectivity index (χ0v) is 13.0. The van der Waals surface area contributed by atoms with E-state index in [1.165, 1.54) is 44.1 Å². The summed E-state index contributed by atoms with van der Waals surface area (Å²) in [5, 5.41) is 3.69. The first kappa shape index (κ1) is 14.9. The second kappa shape index (κ2) is 7.28. The monoisotopic (exact) mass is 289 g/mol. The summed E-state index contributed by atoms with van der Waals surface area (Å²) in [6, 6.07) is 8.96. The molecule has 3 heteroatoms. The van der Waals surface area contributed by atoms with Crippen molar-refractivity contribution in [3.05, 3.63) is 29.8 Å². The average Bonchev–Trinajstić information content (AvgIpc) is 3.23. The van der Waals surface area contributed by atoms with Crippen LogP contribution in [-0.2, 0) is 4.74 Å². The largest absolute Gasteiger partial charge is 0.497 e. The minimum Gasteiger partial charge on any atom is -0.497 e. The average molecular weight is 289 g/mol. The van der Waals surface area contributed by atoms with Crippen LogP contribution >= 0.6 is 0 Å². The maximum atomic E-state index is 5.94. The van der Waals surface area contributed by atoms with Crippen LogP contribution in [0.4, 0.5) is 0 Å². The van der Waals surface area contributed by atoms with Crippen molar-refractivity contribution in [2.24, 2.45) is 5.92 Å². The van der Waals surface area contributed by atoms with Crippen LogP contribution in [0.3, 0.4) is 0 Å². The number of ether oxygens (including phenoxy) is 2. The van der Waals surface area contributed by atoms with E-state index >= 15 is 0 Å². The second-order valence-electron chi connectivity index (χ2n) is 6.32. The molecule has 0 bridgehead atoms. The smallest absolute Gasteiger partial charge is 0.118 e. The van der Waals surface area contributed by atoms with Crippen molar-refractivity contribution >= 4 is 0 Å². The van der Waals surface area contributed by atoms with Crippen molar-refractivity contribution in [3.8, 4) is 5.75 Å². The van der Waals surface area contributed by atoms with Crippen LogP contribution in [-0.4, -0.2) is 26.4 Å². The summed E-state index contributed by atoms with van der Waals surface area (Å²) < 4.78 is 11.2. The van der Waals surface area contributed by atoms with Gasteiger partial charge >= 0.3 is 0 Å². The first-order valence-electron chi connectivity index (χ1n) is 8.36. The molecule has 2 fully saturated rings. The molecule has 2 aliphatic carbocycles. The zero-order chi connectivity index (χ0) is 14.5. The minimum atomic E-state index is 0.475. The molecule has 3 nitrogen and oxygen atoms in total. The quantitative estimate of drug-likeness (QED) is 0.740. The molecule has 1 unspecified atom stereocenters. The van der Waals surface area contributed by atoms with E-state index in [1.54, 1.807) is 7.11 Å². The number of hydrogen-bond donors (Lipinski definition) is 1. The molecule has 1 atom stereocenters. The molecular weight excluding hydrogens is 262 g/mol. The Labute approximate surface area is 128 Å². The van der Waals surface area contributed by atoms with E-state index < -0.39 is 0 Å². The highest BCUT2D eigenvalue weighted by atomic mass is 16.5. The van der Waals surface area contributed by atoms with Gasteiger partial charge in [0.15, 0.2) is 0 Å². The van der Waals surface area contributed by atoms with Crippen LogP contribution in [0.15, 0.2) is 24.3 Å². The minimum absolute atomic E-state index is 0.475. The lowest BCUT2D eigenvalue weighted by molar-refractivity contribution is 0.0587. The molecule has 1 N–H and O–H groups in total. The SMILES string of the molecule is COc1ccc(C(NCCOC2CCCC2)C2CC2)cc1. The van der Waals surface area contributed by atoms with Crippen LogP contribution in [0.25, 0.3) is 0 Å². The van der Waals surface area contributed by atoms with Crippen molar-refractivity contribution in [1.29, 1.82) is 0 Å². The van der Waals surface area contributed by atoms with Crippen molar-refractivity contribution in [3.63, 3.8) is 0 Å². The Hall–Kier alpha value is -1.06. The van der Waals surface area contributed by atoms with Crippen LogP contribution < -0.4 is 10.1 Å². The van der Waals surface area contributed by atoms with E-state index in [1.807, 2.05) is 0 Å². The molecule has 0 saturated heterocycles. The molecule has 3 rings (SSSR count). The molecule has 2 saturated carbocycles. The first-order valence-corrected chi connectivity index (χ1v) is 8.36. The molecule has 0 aliphatic heterocycles.